The minimum absolute atomic E-state index is 0.113. The van der Waals surface area contributed by atoms with Gasteiger partial charge in [0.05, 0.1) is 6.20 Å². The molecule has 106 valence electrons. The summed E-state index contributed by atoms with van der Waals surface area (Å²) in [5.74, 6) is -1.56. The molecule has 20 heavy (non-hydrogen) atoms. The van der Waals surface area contributed by atoms with Gasteiger partial charge in [0.25, 0.3) is 5.88 Å². The smallest absolute Gasteiger partial charge is 0.260 e. The standard InChI is InChI=1S/C13H12BrF2N3O/c1-2-5-17-13-18-7-10(16)12(19-13)20-11-6-8(14)3-4-9(11)15/h3-4,6-7H,2,5H2,1H3,(H,17,18,19). The molecule has 2 aromatic rings. The zero-order valence-electron chi connectivity index (χ0n) is 10.7. The molecule has 1 aromatic heterocycles. The van der Waals surface area contributed by atoms with Crippen molar-refractivity contribution in [3.8, 4) is 11.6 Å². The maximum Gasteiger partial charge on any atom is 0.260 e. The highest BCUT2D eigenvalue weighted by atomic mass is 79.9. The Morgan fingerprint density at radius 1 is 1.30 bits per heavy atom. The number of rotatable bonds is 5. The van der Waals surface area contributed by atoms with Gasteiger partial charge in [-0.25, -0.2) is 9.37 Å². The Labute approximate surface area is 123 Å². The van der Waals surface area contributed by atoms with E-state index in [1.54, 1.807) is 0 Å². The van der Waals surface area contributed by atoms with Crippen molar-refractivity contribution in [2.75, 3.05) is 11.9 Å². The molecule has 0 atom stereocenters. The molecule has 0 aliphatic rings. The minimum Gasteiger partial charge on any atom is -0.433 e. The lowest BCUT2D eigenvalue weighted by atomic mass is 10.3. The molecule has 0 aliphatic heterocycles. The van der Waals surface area contributed by atoms with E-state index in [2.05, 4.69) is 31.2 Å². The molecule has 1 N–H and O–H groups in total. The fourth-order valence-electron chi connectivity index (χ4n) is 1.40. The predicted molar refractivity (Wildman–Crippen MR) is 74.9 cm³/mol. The number of ether oxygens (including phenoxy) is 1. The fraction of sp³-hybridized carbons (Fsp3) is 0.231. The van der Waals surface area contributed by atoms with Crippen molar-refractivity contribution in [1.82, 2.24) is 9.97 Å². The van der Waals surface area contributed by atoms with Crippen LogP contribution in [0.25, 0.3) is 0 Å². The van der Waals surface area contributed by atoms with E-state index in [1.807, 2.05) is 6.92 Å². The van der Waals surface area contributed by atoms with Crippen LogP contribution in [0.2, 0.25) is 0 Å². The molecular weight excluding hydrogens is 332 g/mol. The van der Waals surface area contributed by atoms with E-state index in [1.165, 1.54) is 18.2 Å². The average molecular weight is 344 g/mol. The van der Waals surface area contributed by atoms with Crippen molar-refractivity contribution in [2.24, 2.45) is 0 Å². The maximum absolute atomic E-state index is 13.6. The van der Waals surface area contributed by atoms with Crippen LogP contribution in [0.15, 0.2) is 28.9 Å². The van der Waals surface area contributed by atoms with E-state index < -0.39 is 11.6 Å². The quantitative estimate of drug-likeness (QED) is 0.886. The van der Waals surface area contributed by atoms with Gasteiger partial charge in [-0.2, -0.15) is 9.37 Å². The molecule has 0 saturated heterocycles. The van der Waals surface area contributed by atoms with Gasteiger partial charge in [0, 0.05) is 11.0 Å². The van der Waals surface area contributed by atoms with E-state index in [-0.39, 0.29) is 17.6 Å². The number of nitrogens with zero attached hydrogens (tertiary/aromatic N) is 2. The number of anilines is 1. The Morgan fingerprint density at radius 2 is 2.10 bits per heavy atom. The molecule has 0 amide bonds. The summed E-state index contributed by atoms with van der Waals surface area (Å²) in [7, 11) is 0. The summed E-state index contributed by atoms with van der Waals surface area (Å²) in [4.78, 5) is 7.65. The lowest BCUT2D eigenvalue weighted by Crippen LogP contribution is -2.06. The summed E-state index contributed by atoms with van der Waals surface area (Å²) in [6.45, 7) is 2.63. The van der Waals surface area contributed by atoms with Crippen LogP contribution in [0.1, 0.15) is 13.3 Å². The second kappa shape index (κ2) is 6.60. The molecule has 0 bridgehead atoms. The van der Waals surface area contributed by atoms with Crippen LogP contribution in [0.3, 0.4) is 0 Å². The number of hydrogen-bond acceptors (Lipinski definition) is 4. The monoisotopic (exact) mass is 343 g/mol. The molecule has 0 spiro atoms. The largest absolute Gasteiger partial charge is 0.433 e. The third-order valence-corrected chi connectivity index (χ3v) is 2.84. The minimum atomic E-state index is -0.758. The number of halogens is 3. The Balaban J connectivity index is 2.25. The van der Waals surface area contributed by atoms with Crippen LogP contribution in [0, 0.1) is 11.6 Å². The van der Waals surface area contributed by atoms with Crippen LogP contribution >= 0.6 is 15.9 Å². The first-order valence-electron chi connectivity index (χ1n) is 5.99. The van der Waals surface area contributed by atoms with E-state index in [9.17, 15) is 8.78 Å². The molecule has 4 nitrogen and oxygen atoms in total. The molecule has 7 heteroatoms. The van der Waals surface area contributed by atoms with Gasteiger partial charge in [0.2, 0.25) is 11.8 Å². The Kier molecular flexibility index (Phi) is 4.84. The van der Waals surface area contributed by atoms with E-state index in [4.69, 9.17) is 4.74 Å². The van der Waals surface area contributed by atoms with E-state index in [0.29, 0.717) is 11.0 Å². The van der Waals surface area contributed by atoms with Gasteiger partial charge in [-0.1, -0.05) is 22.9 Å². The first-order valence-corrected chi connectivity index (χ1v) is 6.78. The Bertz CT molecular complexity index is 610. The SMILES string of the molecule is CCCNc1ncc(F)c(Oc2cc(Br)ccc2F)n1. The zero-order chi connectivity index (χ0) is 14.5. The molecule has 0 fully saturated rings. The van der Waals surface area contributed by atoms with Crippen molar-refractivity contribution >= 4 is 21.9 Å². The van der Waals surface area contributed by atoms with Gasteiger partial charge in [-0.05, 0) is 24.6 Å². The van der Waals surface area contributed by atoms with Crippen molar-refractivity contribution < 1.29 is 13.5 Å². The topological polar surface area (TPSA) is 47.0 Å². The van der Waals surface area contributed by atoms with Gasteiger partial charge in [-0.3, -0.25) is 0 Å². The molecule has 2 rings (SSSR count). The third kappa shape index (κ3) is 3.63. The van der Waals surface area contributed by atoms with E-state index in [0.717, 1.165) is 12.6 Å². The van der Waals surface area contributed by atoms with Gasteiger partial charge < -0.3 is 10.1 Å². The van der Waals surface area contributed by atoms with Gasteiger partial charge >= 0.3 is 0 Å². The number of benzene rings is 1. The maximum atomic E-state index is 13.6. The molecule has 1 aromatic carbocycles. The summed E-state index contributed by atoms with van der Waals surface area (Å²) in [5.41, 5.74) is 0. The lowest BCUT2D eigenvalue weighted by Gasteiger charge is -2.09. The molecule has 0 unspecified atom stereocenters. The second-order valence-corrected chi connectivity index (χ2v) is 4.87. The van der Waals surface area contributed by atoms with Crippen LogP contribution < -0.4 is 10.1 Å². The molecular formula is C13H12BrF2N3O. The summed E-state index contributed by atoms with van der Waals surface area (Å²) in [6, 6.07) is 4.14. The van der Waals surface area contributed by atoms with Gasteiger partial charge in [0.1, 0.15) is 0 Å². The number of nitrogens with one attached hydrogen (secondary N) is 1. The Morgan fingerprint density at radius 3 is 2.85 bits per heavy atom. The van der Waals surface area contributed by atoms with Crippen molar-refractivity contribution in [3.05, 3.63) is 40.5 Å². The van der Waals surface area contributed by atoms with E-state index >= 15 is 0 Å². The first-order chi connectivity index (χ1) is 9.60. The van der Waals surface area contributed by atoms with Crippen LogP contribution in [0.5, 0.6) is 11.6 Å². The van der Waals surface area contributed by atoms with Gasteiger partial charge in [0.15, 0.2) is 11.6 Å². The molecule has 0 radical (unpaired) electrons. The lowest BCUT2D eigenvalue weighted by molar-refractivity contribution is 0.396. The van der Waals surface area contributed by atoms with Crippen molar-refractivity contribution in [2.45, 2.75) is 13.3 Å². The van der Waals surface area contributed by atoms with Crippen LogP contribution in [-0.4, -0.2) is 16.5 Å². The average Bonchev–Trinajstić information content (AvgIpc) is 2.43. The van der Waals surface area contributed by atoms with Crippen molar-refractivity contribution in [3.63, 3.8) is 0 Å². The summed E-state index contributed by atoms with van der Waals surface area (Å²) < 4.78 is 32.9. The highest BCUT2D eigenvalue weighted by molar-refractivity contribution is 9.10. The highest BCUT2D eigenvalue weighted by Crippen LogP contribution is 2.28. The molecule has 0 aliphatic carbocycles. The van der Waals surface area contributed by atoms with Gasteiger partial charge in [-0.15, -0.1) is 0 Å². The predicted octanol–water partition coefficient (Wildman–Crippen LogP) is 4.13. The normalized spacial score (nSPS) is 10.4. The summed E-state index contributed by atoms with van der Waals surface area (Å²) >= 11 is 3.19. The molecule has 1 heterocycles. The Hall–Kier alpha value is -1.76. The molecule has 0 saturated carbocycles. The first kappa shape index (κ1) is 14.6. The zero-order valence-corrected chi connectivity index (χ0v) is 12.2. The number of aromatic nitrogens is 2. The summed E-state index contributed by atoms with van der Waals surface area (Å²) in [6.07, 6.45) is 1.85. The third-order valence-electron chi connectivity index (χ3n) is 2.34. The number of hydrogen-bond donors (Lipinski definition) is 1. The second-order valence-electron chi connectivity index (χ2n) is 3.95. The van der Waals surface area contributed by atoms with Crippen LogP contribution in [-0.2, 0) is 0 Å². The van der Waals surface area contributed by atoms with Crippen molar-refractivity contribution in [1.29, 1.82) is 0 Å². The summed E-state index contributed by atoms with van der Waals surface area (Å²) in [5, 5.41) is 2.90. The fourth-order valence-corrected chi connectivity index (χ4v) is 1.74. The highest BCUT2D eigenvalue weighted by Gasteiger charge is 2.12. The van der Waals surface area contributed by atoms with Crippen LogP contribution in [0.4, 0.5) is 14.7 Å².